The third kappa shape index (κ3) is 3.57. The van der Waals surface area contributed by atoms with Gasteiger partial charge in [0.1, 0.15) is 11.5 Å². The molecule has 1 aromatic carbocycles. The van der Waals surface area contributed by atoms with Crippen molar-refractivity contribution in [2.75, 3.05) is 13.7 Å². The lowest BCUT2D eigenvalue weighted by molar-refractivity contribution is -0.133. The van der Waals surface area contributed by atoms with Crippen LogP contribution in [-0.2, 0) is 9.36 Å². The molecule has 0 saturated carbocycles. The van der Waals surface area contributed by atoms with Crippen LogP contribution in [0.2, 0.25) is 0 Å². The molecule has 0 fully saturated rings. The van der Waals surface area contributed by atoms with Crippen molar-refractivity contribution in [1.29, 1.82) is 0 Å². The molecule has 3 atom stereocenters. The van der Waals surface area contributed by atoms with Gasteiger partial charge < -0.3 is 24.5 Å². The first-order valence-corrected chi connectivity index (χ1v) is 11.5. The summed E-state index contributed by atoms with van der Waals surface area (Å²) in [5, 5.41) is 12.4. The summed E-state index contributed by atoms with van der Waals surface area (Å²) in [6.07, 6.45) is 0. The second kappa shape index (κ2) is 7.72. The maximum atomic E-state index is 14.6. The summed E-state index contributed by atoms with van der Waals surface area (Å²) in [5.74, 6) is -0.0313. The molecule has 0 spiro atoms. The summed E-state index contributed by atoms with van der Waals surface area (Å²) in [4.78, 5) is 13.2. The molecule has 1 heterocycles. The number of nitrogens with one attached hydrogen (secondary N) is 1. The number of carbonyl (C=O) groups excluding carboxylic acids is 1. The first kappa shape index (κ1) is 22.8. The van der Waals surface area contributed by atoms with Crippen LogP contribution in [0.3, 0.4) is 0 Å². The quantitative estimate of drug-likeness (QED) is 0.701. The number of fused-ring (bicyclic) bond motifs is 1. The summed E-state index contributed by atoms with van der Waals surface area (Å²) >= 11 is 0. The van der Waals surface area contributed by atoms with Crippen molar-refractivity contribution in [3.05, 3.63) is 18.2 Å². The van der Waals surface area contributed by atoms with E-state index in [0.29, 0.717) is 16.8 Å². The summed E-state index contributed by atoms with van der Waals surface area (Å²) in [5.41, 5.74) is -1.09. The van der Waals surface area contributed by atoms with E-state index in [1.54, 1.807) is 39.2 Å². The molecule has 158 valence electrons. The highest BCUT2D eigenvalue weighted by Gasteiger charge is 2.61. The van der Waals surface area contributed by atoms with Crippen molar-refractivity contribution in [3.8, 4) is 11.5 Å². The molecule has 6 nitrogen and oxygen atoms in total. The van der Waals surface area contributed by atoms with Crippen LogP contribution in [0.15, 0.2) is 18.2 Å². The van der Waals surface area contributed by atoms with Gasteiger partial charge in [-0.25, -0.2) is 0 Å². The van der Waals surface area contributed by atoms with Crippen molar-refractivity contribution in [3.63, 3.8) is 0 Å². The lowest BCUT2D eigenvalue weighted by Crippen LogP contribution is -2.52. The number of hydrogen-bond donors (Lipinski definition) is 2. The number of rotatable bonds is 6. The molecule has 1 aliphatic heterocycles. The van der Waals surface area contributed by atoms with Crippen LogP contribution in [-0.4, -0.2) is 41.8 Å². The summed E-state index contributed by atoms with van der Waals surface area (Å²) in [6.45, 7) is 12.9. The molecule has 0 saturated heterocycles. The van der Waals surface area contributed by atoms with E-state index in [1.165, 1.54) is 0 Å². The highest BCUT2D eigenvalue weighted by molar-refractivity contribution is 7.74. The molecule has 1 unspecified atom stereocenters. The second-order valence-electron chi connectivity index (χ2n) is 9.33. The highest BCUT2D eigenvalue weighted by Crippen LogP contribution is 2.70. The summed E-state index contributed by atoms with van der Waals surface area (Å²) in [6, 6.07) is 4.96. The van der Waals surface area contributed by atoms with Crippen molar-refractivity contribution in [1.82, 2.24) is 5.32 Å². The zero-order valence-electron chi connectivity index (χ0n) is 18.2. The van der Waals surface area contributed by atoms with Gasteiger partial charge in [0, 0.05) is 5.16 Å². The van der Waals surface area contributed by atoms with Gasteiger partial charge in [-0.15, -0.1) is 0 Å². The SMILES string of the molecule is COc1cccc2c1[P@](=O)(C(C)(C)C)[C@@H](C(C)(C)C(=O)NC(CO)C(C)C)O2. The topological polar surface area (TPSA) is 84.9 Å². The van der Waals surface area contributed by atoms with Crippen LogP contribution in [0, 0.1) is 11.3 Å². The molecule has 0 aliphatic carbocycles. The van der Waals surface area contributed by atoms with Gasteiger partial charge in [-0.1, -0.05) is 40.7 Å². The van der Waals surface area contributed by atoms with E-state index in [0.717, 1.165) is 0 Å². The van der Waals surface area contributed by atoms with Gasteiger partial charge in [0.05, 0.1) is 30.5 Å². The zero-order chi connectivity index (χ0) is 21.5. The van der Waals surface area contributed by atoms with E-state index in [1.807, 2.05) is 34.6 Å². The van der Waals surface area contributed by atoms with E-state index >= 15 is 0 Å². The average molecular weight is 411 g/mol. The number of amides is 1. The molecular formula is C21H34NO5P. The Kier molecular flexibility index (Phi) is 6.28. The minimum Gasteiger partial charge on any atom is -0.496 e. The van der Waals surface area contributed by atoms with Gasteiger partial charge in [0.2, 0.25) is 5.91 Å². The Labute approximate surface area is 168 Å². The van der Waals surface area contributed by atoms with E-state index in [9.17, 15) is 14.5 Å². The Morgan fingerprint density at radius 1 is 1.29 bits per heavy atom. The van der Waals surface area contributed by atoms with Gasteiger partial charge >= 0.3 is 0 Å². The standard InChI is InChI=1S/C21H34NO5P/c1-13(2)14(12-23)22-18(24)21(6,7)19-27-16-11-9-10-15(26-8)17(16)28(19,25)20(3,4)5/h9-11,13-14,19,23H,12H2,1-8H3,(H,22,24)/t14?,19-,28+/m0/s1. The van der Waals surface area contributed by atoms with Crippen molar-refractivity contribution in [2.45, 2.75) is 65.5 Å². The second-order valence-corrected chi connectivity index (χ2v) is 12.9. The van der Waals surface area contributed by atoms with Gasteiger partial charge in [0.25, 0.3) is 0 Å². The van der Waals surface area contributed by atoms with Crippen molar-refractivity contribution in [2.24, 2.45) is 11.3 Å². The normalized spacial score (nSPS) is 23.1. The molecule has 1 amide bonds. The molecule has 0 aromatic heterocycles. The molecule has 0 radical (unpaired) electrons. The van der Waals surface area contributed by atoms with Crippen LogP contribution >= 0.6 is 7.14 Å². The lowest BCUT2D eigenvalue weighted by atomic mass is 9.91. The van der Waals surface area contributed by atoms with E-state index in [-0.39, 0.29) is 24.5 Å². The third-order valence-corrected chi connectivity index (χ3v) is 10.1. The molecule has 2 rings (SSSR count). The number of benzene rings is 1. The number of aliphatic hydroxyl groups is 1. The highest BCUT2D eigenvalue weighted by atomic mass is 31.2. The van der Waals surface area contributed by atoms with Crippen LogP contribution in [0.4, 0.5) is 0 Å². The Balaban J connectivity index is 2.55. The smallest absolute Gasteiger partial charge is 0.230 e. The maximum absolute atomic E-state index is 14.6. The Morgan fingerprint density at radius 3 is 2.36 bits per heavy atom. The minimum absolute atomic E-state index is 0.0703. The lowest BCUT2D eigenvalue weighted by Gasteiger charge is -2.39. The Bertz CT molecular complexity index is 781. The molecule has 1 aliphatic rings. The van der Waals surface area contributed by atoms with Gasteiger partial charge in [-0.3, -0.25) is 4.79 Å². The summed E-state index contributed by atoms with van der Waals surface area (Å²) in [7, 11) is -1.69. The molecular weight excluding hydrogens is 377 g/mol. The largest absolute Gasteiger partial charge is 0.496 e. The number of carbonyl (C=O) groups is 1. The molecule has 0 bridgehead atoms. The maximum Gasteiger partial charge on any atom is 0.230 e. The molecule has 2 N–H and O–H groups in total. The fourth-order valence-corrected chi connectivity index (χ4v) is 7.42. The number of hydrogen-bond acceptors (Lipinski definition) is 5. The summed E-state index contributed by atoms with van der Waals surface area (Å²) < 4.78 is 26.3. The zero-order valence-corrected chi connectivity index (χ0v) is 19.1. The van der Waals surface area contributed by atoms with Crippen LogP contribution in [0.1, 0.15) is 48.5 Å². The molecule has 7 heteroatoms. The van der Waals surface area contributed by atoms with Crippen LogP contribution < -0.4 is 20.1 Å². The Morgan fingerprint density at radius 2 is 1.89 bits per heavy atom. The van der Waals surface area contributed by atoms with E-state index < -0.39 is 23.6 Å². The van der Waals surface area contributed by atoms with Crippen LogP contribution in [0.25, 0.3) is 0 Å². The van der Waals surface area contributed by atoms with Gasteiger partial charge in [0.15, 0.2) is 13.0 Å². The number of methoxy groups -OCH3 is 1. The van der Waals surface area contributed by atoms with Crippen molar-refractivity contribution >= 4 is 18.4 Å². The van der Waals surface area contributed by atoms with Crippen molar-refractivity contribution < 1.29 is 23.9 Å². The molecule has 28 heavy (non-hydrogen) atoms. The van der Waals surface area contributed by atoms with Gasteiger partial charge in [-0.2, -0.15) is 0 Å². The van der Waals surface area contributed by atoms with Crippen LogP contribution in [0.5, 0.6) is 11.5 Å². The van der Waals surface area contributed by atoms with E-state index in [4.69, 9.17) is 9.47 Å². The monoisotopic (exact) mass is 411 g/mol. The first-order valence-electron chi connectivity index (χ1n) is 9.68. The first-order chi connectivity index (χ1) is 12.8. The average Bonchev–Trinajstić information content (AvgIpc) is 2.94. The molecule has 1 aromatic rings. The fraction of sp³-hybridized carbons (Fsp3) is 0.667. The van der Waals surface area contributed by atoms with E-state index in [2.05, 4.69) is 5.32 Å². The number of ether oxygens (including phenoxy) is 2. The predicted octanol–water partition coefficient (Wildman–Crippen LogP) is 3.36. The van der Waals surface area contributed by atoms with Gasteiger partial charge in [-0.05, 0) is 31.9 Å². The fourth-order valence-electron chi connectivity index (χ4n) is 3.58. The third-order valence-electron chi connectivity index (χ3n) is 5.60. The predicted molar refractivity (Wildman–Crippen MR) is 112 cm³/mol. The minimum atomic E-state index is -3.23. The number of aliphatic hydroxyl groups excluding tert-OH is 1. The Hall–Kier alpha value is -1.52.